The average molecular weight is 205 g/mol. The SMILES string of the molecule is C=C/C=C1/CCN(C(C)(C)C)C/C1=C/C. The minimum Gasteiger partial charge on any atom is -0.294 e. The van der Waals surface area contributed by atoms with E-state index in [0.29, 0.717) is 0 Å². The molecule has 84 valence electrons. The molecule has 1 aliphatic heterocycles. The van der Waals surface area contributed by atoms with Crippen LogP contribution >= 0.6 is 0 Å². The Balaban J connectivity index is 2.81. The summed E-state index contributed by atoms with van der Waals surface area (Å²) in [5.41, 5.74) is 3.18. The highest BCUT2D eigenvalue weighted by atomic mass is 15.2. The number of nitrogens with zero attached hydrogens (tertiary/aromatic N) is 1. The predicted molar refractivity (Wildman–Crippen MR) is 68.0 cm³/mol. The maximum atomic E-state index is 3.77. The van der Waals surface area contributed by atoms with Gasteiger partial charge in [0.25, 0.3) is 0 Å². The molecule has 1 fully saturated rings. The number of allylic oxidation sites excluding steroid dienone is 3. The minimum absolute atomic E-state index is 0.272. The fourth-order valence-electron chi connectivity index (χ4n) is 1.98. The summed E-state index contributed by atoms with van der Waals surface area (Å²) in [6, 6.07) is 0. The van der Waals surface area contributed by atoms with Gasteiger partial charge < -0.3 is 0 Å². The Morgan fingerprint density at radius 1 is 1.27 bits per heavy atom. The number of hydrogen-bond acceptors (Lipinski definition) is 1. The Kier molecular flexibility index (Phi) is 3.92. The Morgan fingerprint density at radius 3 is 2.40 bits per heavy atom. The molecule has 0 aromatic carbocycles. The monoisotopic (exact) mass is 205 g/mol. The van der Waals surface area contributed by atoms with Crippen molar-refractivity contribution in [2.45, 2.75) is 39.7 Å². The first-order valence-corrected chi connectivity index (χ1v) is 5.71. The first kappa shape index (κ1) is 12.3. The molecule has 0 bridgehead atoms. The lowest BCUT2D eigenvalue weighted by atomic mass is 9.93. The molecule has 1 heteroatoms. The molecule has 0 aliphatic carbocycles. The van der Waals surface area contributed by atoms with Gasteiger partial charge in [0, 0.05) is 18.6 Å². The van der Waals surface area contributed by atoms with Crippen molar-refractivity contribution in [1.29, 1.82) is 0 Å². The number of likely N-dealkylation sites (tertiary alicyclic amines) is 1. The normalized spacial score (nSPS) is 24.8. The van der Waals surface area contributed by atoms with E-state index in [0.717, 1.165) is 19.5 Å². The van der Waals surface area contributed by atoms with Crippen LogP contribution in [0.5, 0.6) is 0 Å². The topological polar surface area (TPSA) is 3.24 Å². The lowest BCUT2D eigenvalue weighted by molar-refractivity contribution is 0.143. The zero-order valence-corrected chi connectivity index (χ0v) is 10.5. The third-order valence-corrected chi connectivity index (χ3v) is 3.04. The fourth-order valence-corrected chi connectivity index (χ4v) is 1.98. The molecule has 0 N–H and O–H groups in total. The number of piperidine rings is 1. The third-order valence-electron chi connectivity index (χ3n) is 3.04. The van der Waals surface area contributed by atoms with Gasteiger partial charge in [-0.2, -0.15) is 0 Å². The van der Waals surface area contributed by atoms with Crippen LogP contribution in [0, 0.1) is 0 Å². The van der Waals surface area contributed by atoms with Crippen LogP contribution < -0.4 is 0 Å². The highest BCUT2D eigenvalue weighted by Gasteiger charge is 2.26. The summed E-state index contributed by atoms with van der Waals surface area (Å²) in [6.07, 6.45) is 7.41. The van der Waals surface area contributed by atoms with E-state index in [9.17, 15) is 0 Å². The zero-order chi connectivity index (χ0) is 11.5. The second-order valence-electron chi connectivity index (χ2n) is 5.08. The Labute approximate surface area is 94.2 Å². The lowest BCUT2D eigenvalue weighted by Gasteiger charge is -2.40. The van der Waals surface area contributed by atoms with Crippen LogP contribution in [0.2, 0.25) is 0 Å². The van der Waals surface area contributed by atoms with Crippen LogP contribution in [0.1, 0.15) is 34.1 Å². The summed E-state index contributed by atoms with van der Waals surface area (Å²) < 4.78 is 0. The van der Waals surface area contributed by atoms with Gasteiger partial charge in [0.15, 0.2) is 0 Å². The summed E-state index contributed by atoms with van der Waals surface area (Å²) in [6.45, 7) is 15.0. The molecule has 0 radical (unpaired) electrons. The van der Waals surface area contributed by atoms with Crippen LogP contribution in [0.4, 0.5) is 0 Å². The first-order chi connectivity index (χ1) is 6.99. The summed E-state index contributed by atoms with van der Waals surface area (Å²) in [5, 5.41) is 0. The third kappa shape index (κ3) is 3.07. The Hall–Kier alpha value is -0.820. The Bertz CT molecular complexity index is 289. The highest BCUT2D eigenvalue weighted by Crippen LogP contribution is 2.27. The molecule has 0 unspecified atom stereocenters. The van der Waals surface area contributed by atoms with Crippen molar-refractivity contribution in [2.24, 2.45) is 0 Å². The fraction of sp³-hybridized carbons (Fsp3) is 0.571. The zero-order valence-electron chi connectivity index (χ0n) is 10.5. The second-order valence-corrected chi connectivity index (χ2v) is 5.08. The van der Waals surface area contributed by atoms with E-state index in [1.165, 1.54) is 11.1 Å². The molecule has 1 rings (SSSR count). The molecule has 0 aromatic rings. The van der Waals surface area contributed by atoms with Gasteiger partial charge in [-0.25, -0.2) is 0 Å². The van der Waals surface area contributed by atoms with Crippen molar-refractivity contribution < 1.29 is 0 Å². The van der Waals surface area contributed by atoms with E-state index >= 15 is 0 Å². The summed E-state index contributed by atoms with van der Waals surface area (Å²) in [4.78, 5) is 2.53. The largest absolute Gasteiger partial charge is 0.294 e. The van der Waals surface area contributed by atoms with Gasteiger partial charge in [-0.1, -0.05) is 24.8 Å². The minimum atomic E-state index is 0.272. The van der Waals surface area contributed by atoms with Crippen molar-refractivity contribution in [3.05, 3.63) is 36.0 Å². The van der Waals surface area contributed by atoms with Gasteiger partial charge in [-0.15, -0.1) is 0 Å². The molecule has 1 heterocycles. The van der Waals surface area contributed by atoms with Crippen molar-refractivity contribution in [3.8, 4) is 0 Å². The smallest absolute Gasteiger partial charge is 0.0238 e. The molecule has 0 atom stereocenters. The van der Waals surface area contributed by atoms with E-state index in [-0.39, 0.29) is 5.54 Å². The standard InChI is InChI=1S/C14H23N/c1-6-8-13-9-10-15(14(3,4)5)11-12(13)7-2/h6-8H,1,9-11H2,2-5H3/b12-7-,13-8-. The summed E-state index contributed by atoms with van der Waals surface area (Å²) >= 11 is 0. The van der Waals surface area contributed by atoms with Crippen LogP contribution in [-0.2, 0) is 0 Å². The van der Waals surface area contributed by atoms with Gasteiger partial charge in [-0.3, -0.25) is 4.90 Å². The van der Waals surface area contributed by atoms with Gasteiger partial charge in [0.05, 0.1) is 0 Å². The maximum Gasteiger partial charge on any atom is 0.0238 e. The molecule has 1 aliphatic rings. The molecule has 0 spiro atoms. The lowest BCUT2D eigenvalue weighted by Crippen LogP contribution is -2.45. The molecule has 0 saturated carbocycles. The van der Waals surface area contributed by atoms with E-state index in [2.05, 4.69) is 51.3 Å². The maximum absolute atomic E-state index is 3.77. The quantitative estimate of drug-likeness (QED) is 0.633. The Morgan fingerprint density at radius 2 is 1.93 bits per heavy atom. The van der Waals surface area contributed by atoms with Gasteiger partial charge in [-0.05, 0) is 45.3 Å². The van der Waals surface area contributed by atoms with Crippen molar-refractivity contribution in [1.82, 2.24) is 4.90 Å². The van der Waals surface area contributed by atoms with Gasteiger partial charge >= 0.3 is 0 Å². The number of rotatable bonds is 1. The summed E-state index contributed by atoms with van der Waals surface area (Å²) in [7, 11) is 0. The van der Waals surface area contributed by atoms with E-state index < -0.39 is 0 Å². The second kappa shape index (κ2) is 4.80. The van der Waals surface area contributed by atoms with Crippen molar-refractivity contribution >= 4 is 0 Å². The average Bonchev–Trinajstić information content (AvgIpc) is 2.17. The molecule has 0 amide bonds. The number of hydrogen-bond donors (Lipinski definition) is 0. The molecular weight excluding hydrogens is 182 g/mol. The van der Waals surface area contributed by atoms with E-state index in [1.807, 2.05) is 6.08 Å². The summed E-state index contributed by atoms with van der Waals surface area (Å²) in [5.74, 6) is 0. The van der Waals surface area contributed by atoms with Crippen LogP contribution in [0.3, 0.4) is 0 Å². The molecular formula is C14H23N. The first-order valence-electron chi connectivity index (χ1n) is 5.71. The van der Waals surface area contributed by atoms with Gasteiger partial charge in [0.1, 0.15) is 0 Å². The van der Waals surface area contributed by atoms with E-state index in [4.69, 9.17) is 0 Å². The van der Waals surface area contributed by atoms with Gasteiger partial charge in [0.2, 0.25) is 0 Å². The highest BCUT2D eigenvalue weighted by molar-refractivity contribution is 5.36. The van der Waals surface area contributed by atoms with Crippen LogP contribution in [0.15, 0.2) is 36.0 Å². The molecule has 1 nitrogen and oxygen atoms in total. The van der Waals surface area contributed by atoms with Crippen LogP contribution in [-0.4, -0.2) is 23.5 Å². The van der Waals surface area contributed by atoms with Crippen LogP contribution in [0.25, 0.3) is 0 Å². The molecule has 1 saturated heterocycles. The van der Waals surface area contributed by atoms with E-state index in [1.54, 1.807) is 0 Å². The van der Waals surface area contributed by atoms with Crippen molar-refractivity contribution in [3.63, 3.8) is 0 Å². The molecule has 15 heavy (non-hydrogen) atoms. The predicted octanol–water partition coefficient (Wildman–Crippen LogP) is 3.55. The molecule has 0 aromatic heterocycles. The van der Waals surface area contributed by atoms with Crippen molar-refractivity contribution in [2.75, 3.05) is 13.1 Å².